The van der Waals surface area contributed by atoms with Crippen molar-refractivity contribution in [3.8, 4) is 11.1 Å². The zero-order chi connectivity index (χ0) is 11.1. The fourth-order valence-corrected chi connectivity index (χ4v) is 2.41. The normalized spacial score (nSPS) is 12.5. The van der Waals surface area contributed by atoms with Crippen molar-refractivity contribution in [2.24, 2.45) is 0 Å². The van der Waals surface area contributed by atoms with E-state index in [2.05, 4.69) is 0 Å². The minimum absolute atomic E-state index is 0. The summed E-state index contributed by atoms with van der Waals surface area (Å²) in [6, 6.07) is 15.2. The molecule has 0 fully saturated rings. The van der Waals surface area contributed by atoms with E-state index in [1.54, 1.807) is 0 Å². The zero-order valence-electron chi connectivity index (χ0n) is 9.51. The molecule has 0 amide bonds. The molecule has 0 heterocycles. The topological polar surface area (TPSA) is 40.1 Å². The van der Waals surface area contributed by atoms with Crippen molar-refractivity contribution < 1.29 is 39.5 Å². The summed E-state index contributed by atoms with van der Waals surface area (Å²) in [5, 5.41) is 11.2. The average Bonchev–Trinajstić information content (AvgIpc) is 2.63. The largest absolute Gasteiger partial charge is 1.00 e. The maximum absolute atomic E-state index is 11.2. The fraction of sp³-hybridized carbons (Fsp3) is 0.0714. The molecule has 0 spiro atoms. The minimum Gasteiger partial charge on any atom is -0.549 e. The molecule has 17 heavy (non-hydrogen) atoms. The molecule has 2 aromatic rings. The number of aliphatic carboxylic acids is 1. The van der Waals surface area contributed by atoms with Crippen molar-refractivity contribution >= 4 is 5.97 Å². The molecule has 3 rings (SSSR count). The second-order valence-corrected chi connectivity index (χ2v) is 3.93. The number of carbonyl (C=O) groups excluding carboxylic acids is 1. The average molecular weight is 232 g/mol. The van der Waals surface area contributed by atoms with Crippen LogP contribution in [-0.4, -0.2) is 5.97 Å². The van der Waals surface area contributed by atoms with Gasteiger partial charge in [-0.1, -0.05) is 48.5 Å². The number of hydrogen-bond acceptors (Lipinski definition) is 2. The van der Waals surface area contributed by atoms with Crippen LogP contribution in [0.3, 0.4) is 0 Å². The van der Waals surface area contributed by atoms with Crippen molar-refractivity contribution in [3.05, 3.63) is 59.7 Å². The molecule has 0 unspecified atom stereocenters. The van der Waals surface area contributed by atoms with Crippen LogP contribution in [0.25, 0.3) is 11.1 Å². The van der Waals surface area contributed by atoms with E-state index in [4.69, 9.17) is 0 Å². The zero-order valence-corrected chi connectivity index (χ0v) is 11.5. The van der Waals surface area contributed by atoms with E-state index in [-0.39, 0.29) is 29.6 Å². The summed E-state index contributed by atoms with van der Waals surface area (Å²) >= 11 is 0. The van der Waals surface area contributed by atoms with Gasteiger partial charge >= 0.3 is 29.6 Å². The van der Waals surface area contributed by atoms with Crippen LogP contribution in [-0.2, 0) is 4.79 Å². The Morgan fingerprint density at radius 2 is 1.29 bits per heavy atom. The molecule has 2 nitrogen and oxygen atoms in total. The van der Waals surface area contributed by atoms with Crippen molar-refractivity contribution in [1.29, 1.82) is 0 Å². The molecule has 2 aromatic carbocycles. The minimum atomic E-state index is -1.03. The Balaban J connectivity index is 0.00000108. The number of carboxylic acids is 1. The van der Waals surface area contributed by atoms with Crippen LogP contribution in [0.4, 0.5) is 0 Å². The summed E-state index contributed by atoms with van der Waals surface area (Å²) < 4.78 is 0. The third-order valence-corrected chi connectivity index (χ3v) is 3.07. The van der Waals surface area contributed by atoms with Gasteiger partial charge in [-0.05, 0) is 22.3 Å². The summed E-state index contributed by atoms with van der Waals surface area (Å²) in [5.74, 6) is -1.65. The first-order chi connectivity index (χ1) is 7.79. The van der Waals surface area contributed by atoms with E-state index in [9.17, 15) is 9.90 Å². The van der Waals surface area contributed by atoms with Gasteiger partial charge < -0.3 is 9.90 Å². The molecule has 1 aliphatic rings. The van der Waals surface area contributed by atoms with Gasteiger partial charge in [0, 0.05) is 5.92 Å². The maximum atomic E-state index is 11.2. The number of benzene rings is 2. The van der Waals surface area contributed by atoms with Crippen LogP contribution < -0.4 is 34.7 Å². The Bertz CT molecular complexity index is 532. The van der Waals surface area contributed by atoms with Gasteiger partial charge in [0.15, 0.2) is 0 Å². The second-order valence-electron chi connectivity index (χ2n) is 3.93. The number of rotatable bonds is 1. The first kappa shape index (κ1) is 12.4. The van der Waals surface area contributed by atoms with E-state index < -0.39 is 11.9 Å². The van der Waals surface area contributed by atoms with E-state index >= 15 is 0 Å². The Morgan fingerprint density at radius 3 is 1.71 bits per heavy atom. The monoisotopic (exact) mass is 232 g/mol. The summed E-state index contributed by atoms with van der Waals surface area (Å²) in [7, 11) is 0. The molecule has 0 radical (unpaired) electrons. The molecule has 0 bridgehead atoms. The van der Waals surface area contributed by atoms with Crippen LogP contribution in [0.2, 0.25) is 0 Å². The fourth-order valence-electron chi connectivity index (χ4n) is 2.41. The SMILES string of the molecule is O=C([O-])C1c2ccccc2-c2ccccc21.[Na+]. The van der Waals surface area contributed by atoms with E-state index in [0.717, 1.165) is 22.3 Å². The van der Waals surface area contributed by atoms with Gasteiger partial charge in [0.2, 0.25) is 0 Å². The van der Waals surface area contributed by atoms with Crippen molar-refractivity contribution in [3.63, 3.8) is 0 Å². The van der Waals surface area contributed by atoms with Gasteiger partial charge in [0.1, 0.15) is 0 Å². The van der Waals surface area contributed by atoms with Gasteiger partial charge in [-0.3, -0.25) is 0 Å². The standard InChI is InChI=1S/C14H10O2.Na/c15-14(16)13-11-7-3-1-5-9(11)10-6-2-4-8-12(10)13;/h1-8,13H,(H,15,16);/q;+1/p-1. The van der Waals surface area contributed by atoms with Crippen molar-refractivity contribution in [2.45, 2.75) is 5.92 Å². The van der Waals surface area contributed by atoms with Crippen LogP contribution in [0, 0.1) is 0 Å². The molecular weight excluding hydrogens is 223 g/mol. The third kappa shape index (κ3) is 1.82. The number of fused-ring (bicyclic) bond motifs is 3. The van der Waals surface area contributed by atoms with Gasteiger partial charge in [-0.2, -0.15) is 0 Å². The Morgan fingerprint density at radius 1 is 0.882 bits per heavy atom. The summed E-state index contributed by atoms with van der Waals surface area (Å²) in [4.78, 5) is 11.2. The summed E-state index contributed by atoms with van der Waals surface area (Å²) in [6.45, 7) is 0. The van der Waals surface area contributed by atoms with E-state index in [1.807, 2.05) is 48.5 Å². The predicted molar refractivity (Wildman–Crippen MR) is 58.7 cm³/mol. The van der Waals surface area contributed by atoms with Crippen molar-refractivity contribution in [2.75, 3.05) is 0 Å². The Hall–Kier alpha value is -1.09. The van der Waals surface area contributed by atoms with Gasteiger partial charge in [-0.25, -0.2) is 0 Å². The summed E-state index contributed by atoms with van der Waals surface area (Å²) in [5.41, 5.74) is 3.69. The quantitative estimate of drug-likeness (QED) is 0.565. The number of carbonyl (C=O) groups is 1. The number of hydrogen-bond donors (Lipinski definition) is 0. The molecule has 3 heteroatoms. The second kappa shape index (κ2) is 4.65. The van der Waals surface area contributed by atoms with Gasteiger partial charge in [-0.15, -0.1) is 0 Å². The molecule has 0 saturated carbocycles. The number of carboxylic acid groups (broad SMARTS) is 1. The first-order valence-corrected chi connectivity index (χ1v) is 5.18. The molecule has 0 N–H and O–H groups in total. The van der Waals surface area contributed by atoms with Gasteiger partial charge in [0.25, 0.3) is 0 Å². The molecule has 78 valence electrons. The molecule has 0 atom stereocenters. The molecule has 1 aliphatic carbocycles. The third-order valence-electron chi connectivity index (χ3n) is 3.07. The van der Waals surface area contributed by atoms with Crippen LogP contribution >= 0.6 is 0 Å². The first-order valence-electron chi connectivity index (χ1n) is 5.18. The maximum Gasteiger partial charge on any atom is 1.00 e. The Labute approximate surface area is 122 Å². The summed E-state index contributed by atoms with van der Waals surface area (Å²) in [6.07, 6.45) is 0. The molecule has 0 aliphatic heterocycles. The van der Waals surface area contributed by atoms with Crippen LogP contribution in [0.5, 0.6) is 0 Å². The van der Waals surface area contributed by atoms with Crippen LogP contribution in [0.15, 0.2) is 48.5 Å². The molecule has 0 aromatic heterocycles. The predicted octanol–water partition coefficient (Wildman–Crippen LogP) is -1.45. The van der Waals surface area contributed by atoms with Gasteiger partial charge in [0.05, 0.1) is 5.97 Å². The van der Waals surface area contributed by atoms with E-state index in [1.165, 1.54) is 0 Å². The van der Waals surface area contributed by atoms with Crippen molar-refractivity contribution in [1.82, 2.24) is 0 Å². The van der Waals surface area contributed by atoms with Crippen LogP contribution in [0.1, 0.15) is 17.0 Å². The molecular formula is C14H9NaO2. The smallest absolute Gasteiger partial charge is 0.549 e. The Kier molecular flexibility index (Phi) is 3.38. The van der Waals surface area contributed by atoms with E-state index in [0.29, 0.717) is 0 Å². The molecule has 0 saturated heterocycles.